The molecule has 0 fully saturated rings. The van der Waals surface area contributed by atoms with Crippen LogP contribution in [0.1, 0.15) is 0 Å². The predicted octanol–water partition coefficient (Wildman–Crippen LogP) is 3.54. The number of halogens is 2. The number of nitrogens with one attached hydrogen (secondary N) is 2. The molecule has 1 atom stereocenters. The fourth-order valence-electron chi connectivity index (χ4n) is 2.77. The van der Waals surface area contributed by atoms with E-state index in [1.807, 2.05) is 0 Å². The van der Waals surface area contributed by atoms with E-state index >= 15 is 0 Å². The third kappa shape index (κ3) is 5.03. The summed E-state index contributed by atoms with van der Waals surface area (Å²) in [5, 5.41) is 25.6. The Morgan fingerprint density at radius 2 is 1.33 bits per heavy atom. The molecule has 0 bridgehead atoms. The molecule has 0 amide bonds. The van der Waals surface area contributed by atoms with E-state index in [2.05, 4.69) is 10.6 Å². The van der Waals surface area contributed by atoms with Crippen LogP contribution in [-0.4, -0.2) is 31.9 Å². The molecule has 0 spiro atoms. The van der Waals surface area contributed by atoms with Crippen LogP contribution in [0.25, 0.3) is 0 Å². The predicted molar refractivity (Wildman–Crippen MR) is 125 cm³/mol. The second-order valence-electron chi connectivity index (χ2n) is 6.54. The molecule has 3 aromatic carbocycles. The SMILES string of the molecule is Nc1ccc(Nc2c(O)c(Cl)c(Nc3ccc(N)c(S(=O)(=O)O)c3)c(O)c2Cl)cc1S(=O)[O-]. The Kier molecular flexibility index (Phi) is 6.83. The van der Waals surface area contributed by atoms with E-state index < -0.39 is 47.6 Å². The van der Waals surface area contributed by atoms with E-state index in [1.165, 1.54) is 30.3 Å². The topological polar surface area (TPSA) is 211 Å². The molecule has 3 rings (SSSR count). The maximum atomic E-state index is 11.5. The van der Waals surface area contributed by atoms with Crippen LogP contribution >= 0.6 is 23.2 Å². The first kappa shape index (κ1) is 24.7. The van der Waals surface area contributed by atoms with Gasteiger partial charge in [0, 0.05) is 22.0 Å². The van der Waals surface area contributed by atoms with Gasteiger partial charge in [-0.1, -0.05) is 23.2 Å². The van der Waals surface area contributed by atoms with Gasteiger partial charge >= 0.3 is 0 Å². The standard InChI is InChI=1S/C18H16Cl2N4O7S2/c19-13-15(23-7-1-3-9(21)11(5-7)32(27)28)17(25)14(20)16(18(13)26)24-8-2-4-10(22)12(6-8)33(29,30)31/h1-6,23-26H,21-22H2,(H,27,28)(H,29,30,31)/p-1. The summed E-state index contributed by atoms with van der Waals surface area (Å²) in [5.74, 6) is -1.25. The van der Waals surface area contributed by atoms with E-state index in [1.54, 1.807) is 0 Å². The fraction of sp³-hybridized carbons (Fsp3) is 0. The summed E-state index contributed by atoms with van der Waals surface area (Å²) in [6.45, 7) is 0. The lowest BCUT2D eigenvalue weighted by atomic mass is 10.2. The molecule has 0 aliphatic heterocycles. The molecule has 1 unspecified atom stereocenters. The molecular formula is C18H15Cl2N4O7S2-. The third-order valence-electron chi connectivity index (χ3n) is 4.35. The highest BCUT2D eigenvalue weighted by Gasteiger charge is 2.23. The molecule has 0 heterocycles. The van der Waals surface area contributed by atoms with E-state index in [0.717, 1.165) is 6.07 Å². The van der Waals surface area contributed by atoms with Crippen LogP contribution in [0.4, 0.5) is 34.1 Å². The van der Waals surface area contributed by atoms with Crippen LogP contribution in [0, 0.1) is 0 Å². The van der Waals surface area contributed by atoms with E-state index in [0.29, 0.717) is 0 Å². The summed E-state index contributed by atoms with van der Waals surface area (Å²) in [5.41, 5.74) is 10.6. The van der Waals surface area contributed by atoms with Crippen molar-refractivity contribution in [1.82, 2.24) is 0 Å². The van der Waals surface area contributed by atoms with Gasteiger partial charge in [0.25, 0.3) is 10.1 Å². The zero-order valence-electron chi connectivity index (χ0n) is 16.2. The van der Waals surface area contributed by atoms with Gasteiger partial charge in [0.15, 0.2) is 11.5 Å². The van der Waals surface area contributed by atoms with Gasteiger partial charge in [-0.3, -0.25) is 8.76 Å². The number of benzene rings is 3. The number of hydrogen-bond donors (Lipinski definition) is 7. The average Bonchev–Trinajstić information content (AvgIpc) is 2.74. The number of phenolic OH excluding ortho intramolecular Hbond substituents is 2. The van der Waals surface area contributed by atoms with Gasteiger partial charge in [0.2, 0.25) is 0 Å². The van der Waals surface area contributed by atoms with Crippen molar-refractivity contribution in [2.75, 3.05) is 22.1 Å². The highest BCUT2D eigenvalue weighted by Crippen LogP contribution is 2.51. The Morgan fingerprint density at radius 1 is 0.879 bits per heavy atom. The number of rotatable bonds is 6. The van der Waals surface area contributed by atoms with Gasteiger partial charge in [-0.05, 0) is 47.5 Å². The summed E-state index contributed by atoms with van der Waals surface area (Å²) in [6, 6.07) is 7.39. The van der Waals surface area contributed by atoms with Gasteiger partial charge in [0.1, 0.15) is 26.3 Å². The minimum Gasteiger partial charge on any atom is -0.768 e. The minimum atomic E-state index is -4.64. The summed E-state index contributed by atoms with van der Waals surface area (Å²) < 4.78 is 54.8. The normalized spacial score (nSPS) is 12.4. The van der Waals surface area contributed by atoms with Crippen molar-refractivity contribution in [2.24, 2.45) is 0 Å². The van der Waals surface area contributed by atoms with Gasteiger partial charge in [-0.2, -0.15) is 8.42 Å². The summed E-state index contributed by atoms with van der Waals surface area (Å²) in [4.78, 5) is -0.797. The molecule has 33 heavy (non-hydrogen) atoms. The Labute approximate surface area is 200 Å². The summed E-state index contributed by atoms with van der Waals surface area (Å²) in [6.07, 6.45) is 0. The molecule has 0 saturated heterocycles. The highest BCUT2D eigenvalue weighted by atomic mass is 35.5. The molecule has 0 aliphatic carbocycles. The quantitative estimate of drug-likeness (QED) is 0.0799. The van der Waals surface area contributed by atoms with Gasteiger partial charge in [-0.15, -0.1) is 0 Å². The zero-order valence-corrected chi connectivity index (χ0v) is 19.3. The van der Waals surface area contributed by atoms with Crippen LogP contribution in [0.15, 0.2) is 46.2 Å². The molecule has 0 aliphatic rings. The maximum absolute atomic E-state index is 11.5. The molecule has 11 nitrogen and oxygen atoms in total. The first-order valence-corrected chi connectivity index (χ1v) is 11.9. The Hall–Kier alpha value is -2.94. The summed E-state index contributed by atoms with van der Waals surface area (Å²) >= 11 is 9.73. The molecule has 9 N–H and O–H groups in total. The first-order chi connectivity index (χ1) is 15.3. The fourth-order valence-corrected chi connectivity index (χ4v) is 4.36. The van der Waals surface area contributed by atoms with Gasteiger partial charge < -0.3 is 36.9 Å². The van der Waals surface area contributed by atoms with Crippen LogP contribution in [0.2, 0.25) is 10.0 Å². The lowest BCUT2D eigenvalue weighted by Gasteiger charge is -2.19. The van der Waals surface area contributed by atoms with Gasteiger partial charge in [0.05, 0.1) is 5.69 Å². The Morgan fingerprint density at radius 3 is 1.79 bits per heavy atom. The van der Waals surface area contributed by atoms with Gasteiger partial charge in [-0.25, -0.2) is 0 Å². The van der Waals surface area contributed by atoms with Crippen molar-refractivity contribution in [2.45, 2.75) is 9.79 Å². The molecule has 0 saturated carbocycles. The molecule has 15 heteroatoms. The van der Waals surface area contributed by atoms with Crippen molar-refractivity contribution < 1.29 is 31.9 Å². The monoisotopic (exact) mass is 533 g/mol. The second kappa shape index (κ2) is 9.13. The number of nitrogen functional groups attached to an aromatic ring is 2. The number of aromatic hydroxyl groups is 2. The smallest absolute Gasteiger partial charge is 0.296 e. The Bertz CT molecular complexity index is 1370. The van der Waals surface area contributed by atoms with Crippen LogP contribution < -0.4 is 22.1 Å². The van der Waals surface area contributed by atoms with Crippen molar-refractivity contribution in [3.05, 3.63) is 46.4 Å². The third-order valence-corrected chi connectivity index (χ3v) is 6.71. The molecule has 176 valence electrons. The van der Waals surface area contributed by atoms with Crippen molar-refractivity contribution in [1.29, 1.82) is 0 Å². The number of phenols is 2. The van der Waals surface area contributed by atoms with Crippen LogP contribution in [0.5, 0.6) is 11.5 Å². The van der Waals surface area contributed by atoms with Crippen LogP contribution in [0.3, 0.4) is 0 Å². The lowest BCUT2D eigenvalue weighted by Crippen LogP contribution is -2.04. The molecule has 3 aromatic rings. The van der Waals surface area contributed by atoms with E-state index in [-0.39, 0.29) is 39.0 Å². The van der Waals surface area contributed by atoms with E-state index in [9.17, 15) is 31.9 Å². The Balaban J connectivity index is 2.04. The maximum Gasteiger partial charge on any atom is 0.296 e. The largest absolute Gasteiger partial charge is 0.768 e. The average molecular weight is 534 g/mol. The number of anilines is 6. The molecule has 0 aromatic heterocycles. The lowest BCUT2D eigenvalue weighted by molar-refractivity contribution is 0.465. The number of nitrogens with two attached hydrogens (primary N) is 2. The minimum absolute atomic E-state index is 0.00242. The zero-order chi connectivity index (χ0) is 24.7. The van der Waals surface area contributed by atoms with E-state index in [4.69, 9.17) is 34.7 Å². The number of hydrogen-bond acceptors (Lipinski definition) is 10. The van der Waals surface area contributed by atoms with Crippen molar-refractivity contribution >= 4 is 78.5 Å². The highest BCUT2D eigenvalue weighted by molar-refractivity contribution is 7.86. The van der Waals surface area contributed by atoms with Crippen molar-refractivity contribution in [3.63, 3.8) is 0 Å². The second-order valence-corrected chi connectivity index (χ2v) is 9.60. The molecular weight excluding hydrogens is 519 g/mol. The van der Waals surface area contributed by atoms with Crippen LogP contribution in [-0.2, 0) is 21.2 Å². The summed E-state index contributed by atoms with van der Waals surface area (Å²) in [7, 11) is -4.64. The van der Waals surface area contributed by atoms with Crippen molar-refractivity contribution in [3.8, 4) is 11.5 Å². The molecule has 0 radical (unpaired) electrons. The first-order valence-electron chi connectivity index (χ1n) is 8.64.